The van der Waals surface area contributed by atoms with E-state index in [2.05, 4.69) is 93.3 Å². The highest BCUT2D eigenvalue weighted by atomic mass is 14.9. The average molecular weight is 352 g/mol. The predicted octanol–water partition coefficient (Wildman–Crippen LogP) is 6.64. The van der Waals surface area contributed by atoms with Gasteiger partial charge in [0.15, 0.2) is 0 Å². The summed E-state index contributed by atoms with van der Waals surface area (Å²) in [6, 6.07) is 23.5. The summed E-state index contributed by atoms with van der Waals surface area (Å²) in [6.07, 6.45) is 0. The van der Waals surface area contributed by atoms with E-state index in [1.54, 1.807) is 0 Å². The van der Waals surface area contributed by atoms with E-state index in [1.165, 1.54) is 27.8 Å². The van der Waals surface area contributed by atoms with E-state index in [0.717, 1.165) is 28.3 Å². The molecule has 0 saturated heterocycles. The molecule has 1 aromatic heterocycles. The lowest BCUT2D eigenvalue weighted by molar-refractivity contribution is 1.27. The molecular weight excluding hydrogens is 328 g/mol. The first-order chi connectivity index (χ1) is 13.0. The van der Waals surface area contributed by atoms with Crippen molar-refractivity contribution in [2.45, 2.75) is 27.7 Å². The summed E-state index contributed by atoms with van der Waals surface area (Å²) in [5, 5.41) is 0. The number of imidazole rings is 1. The van der Waals surface area contributed by atoms with E-state index in [1.807, 2.05) is 6.07 Å². The summed E-state index contributed by atoms with van der Waals surface area (Å²) in [5.74, 6) is 0.922. The van der Waals surface area contributed by atoms with Gasteiger partial charge in [0, 0.05) is 16.7 Å². The second-order valence-corrected chi connectivity index (χ2v) is 7.31. The molecule has 0 aliphatic carbocycles. The first-order valence-electron chi connectivity index (χ1n) is 9.33. The first-order valence-corrected chi connectivity index (χ1v) is 9.33. The zero-order chi connectivity index (χ0) is 19.0. The lowest BCUT2D eigenvalue weighted by Gasteiger charge is -2.08. The van der Waals surface area contributed by atoms with Gasteiger partial charge >= 0.3 is 0 Å². The highest BCUT2D eigenvalue weighted by Crippen LogP contribution is 2.35. The topological polar surface area (TPSA) is 28.7 Å². The molecule has 0 spiro atoms. The Labute approximate surface area is 160 Å². The van der Waals surface area contributed by atoms with Crippen LogP contribution in [0, 0.1) is 27.7 Å². The van der Waals surface area contributed by atoms with Crippen LogP contribution in [0.5, 0.6) is 0 Å². The van der Waals surface area contributed by atoms with E-state index in [4.69, 9.17) is 4.98 Å². The van der Waals surface area contributed by atoms with Crippen molar-refractivity contribution in [1.82, 2.24) is 9.97 Å². The quantitative estimate of drug-likeness (QED) is 0.439. The predicted molar refractivity (Wildman–Crippen MR) is 114 cm³/mol. The number of nitrogens with zero attached hydrogens (tertiary/aromatic N) is 1. The Kier molecular flexibility index (Phi) is 4.41. The molecule has 0 saturated carbocycles. The van der Waals surface area contributed by atoms with Crippen molar-refractivity contribution in [1.29, 1.82) is 0 Å². The molecule has 0 aliphatic heterocycles. The number of aromatic amines is 1. The molecule has 0 radical (unpaired) electrons. The normalized spacial score (nSPS) is 11.0. The fourth-order valence-corrected chi connectivity index (χ4v) is 3.50. The van der Waals surface area contributed by atoms with Crippen LogP contribution in [0.3, 0.4) is 0 Å². The fourth-order valence-electron chi connectivity index (χ4n) is 3.50. The third kappa shape index (κ3) is 3.31. The molecule has 2 heteroatoms. The van der Waals surface area contributed by atoms with Gasteiger partial charge in [-0.05, 0) is 51.0 Å². The van der Waals surface area contributed by atoms with Crippen molar-refractivity contribution in [3.63, 3.8) is 0 Å². The zero-order valence-corrected chi connectivity index (χ0v) is 16.3. The van der Waals surface area contributed by atoms with Crippen LogP contribution < -0.4 is 0 Å². The van der Waals surface area contributed by atoms with Crippen molar-refractivity contribution >= 4 is 0 Å². The third-order valence-electron chi connectivity index (χ3n) is 5.06. The van der Waals surface area contributed by atoms with Crippen molar-refractivity contribution < 1.29 is 0 Å². The molecule has 0 atom stereocenters. The molecule has 0 unspecified atom stereocenters. The number of hydrogen-bond acceptors (Lipinski definition) is 1. The molecule has 0 fully saturated rings. The molecule has 1 heterocycles. The highest BCUT2D eigenvalue weighted by Gasteiger charge is 2.17. The van der Waals surface area contributed by atoms with Crippen LogP contribution in [0.15, 0.2) is 66.7 Å². The molecule has 1 N–H and O–H groups in total. The maximum atomic E-state index is 5.04. The average Bonchev–Trinajstić information content (AvgIpc) is 3.11. The van der Waals surface area contributed by atoms with Crippen LogP contribution in [-0.2, 0) is 0 Å². The van der Waals surface area contributed by atoms with E-state index in [9.17, 15) is 0 Å². The Morgan fingerprint density at radius 1 is 0.667 bits per heavy atom. The number of nitrogens with one attached hydrogen (secondary N) is 1. The standard InChI is InChI=1S/C25H24N2/c1-16-10-12-18(3)21(14-16)24-23(20-8-6-5-7-9-20)26-25(27-24)22-15-17(2)11-13-19(22)4/h5-15H,1-4H3,(H,26,27). The van der Waals surface area contributed by atoms with Gasteiger partial charge in [-0.15, -0.1) is 0 Å². The van der Waals surface area contributed by atoms with Gasteiger partial charge in [-0.3, -0.25) is 0 Å². The molecule has 0 amide bonds. The number of benzene rings is 3. The SMILES string of the molecule is Cc1ccc(C)c(-c2nc(-c3ccccc3)c(-c3cc(C)ccc3C)[nH]2)c1. The van der Waals surface area contributed by atoms with Crippen molar-refractivity contribution in [3.8, 4) is 33.9 Å². The number of hydrogen-bond donors (Lipinski definition) is 1. The van der Waals surface area contributed by atoms with E-state index in [0.29, 0.717) is 0 Å². The lowest BCUT2D eigenvalue weighted by atomic mass is 9.99. The molecule has 27 heavy (non-hydrogen) atoms. The minimum absolute atomic E-state index is 0.922. The van der Waals surface area contributed by atoms with Crippen molar-refractivity contribution in [3.05, 3.63) is 89.0 Å². The van der Waals surface area contributed by atoms with Crippen molar-refractivity contribution in [2.75, 3.05) is 0 Å². The van der Waals surface area contributed by atoms with Gasteiger partial charge in [-0.25, -0.2) is 4.98 Å². The zero-order valence-electron chi connectivity index (χ0n) is 16.3. The maximum Gasteiger partial charge on any atom is 0.138 e. The molecule has 2 nitrogen and oxygen atoms in total. The van der Waals surface area contributed by atoms with Gasteiger partial charge in [-0.1, -0.05) is 65.7 Å². The Morgan fingerprint density at radius 3 is 1.93 bits per heavy atom. The Hall–Kier alpha value is -3.13. The maximum absolute atomic E-state index is 5.04. The van der Waals surface area contributed by atoms with Crippen LogP contribution in [0.4, 0.5) is 0 Å². The largest absolute Gasteiger partial charge is 0.337 e. The Morgan fingerprint density at radius 2 is 1.26 bits per heavy atom. The summed E-state index contributed by atoms with van der Waals surface area (Å²) in [6.45, 7) is 8.54. The third-order valence-corrected chi connectivity index (χ3v) is 5.06. The van der Waals surface area contributed by atoms with Crippen LogP contribution in [0.1, 0.15) is 22.3 Å². The Bertz CT molecular complexity index is 1100. The van der Waals surface area contributed by atoms with E-state index in [-0.39, 0.29) is 0 Å². The smallest absolute Gasteiger partial charge is 0.138 e. The van der Waals surface area contributed by atoms with Crippen LogP contribution in [-0.4, -0.2) is 9.97 Å². The van der Waals surface area contributed by atoms with Gasteiger partial charge < -0.3 is 4.98 Å². The van der Waals surface area contributed by atoms with Gasteiger partial charge in [0.25, 0.3) is 0 Å². The second-order valence-electron chi connectivity index (χ2n) is 7.31. The van der Waals surface area contributed by atoms with Crippen molar-refractivity contribution in [2.24, 2.45) is 0 Å². The summed E-state index contributed by atoms with van der Waals surface area (Å²) >= 11 is 0. The minimum Gasteiger partial charge on any atom is -0.337 e. The summed E-state index contributed by atoms with van der Waals surface area (Å²) in [7, 11) is 0. The van der Waals surface area contributed by atoms with Gasteiger partial charge in [0.2, 0.25) is 0 Å². The molecule has 3 aromatic carbocycles. The lowest BCUT2D eigenvalue weighted by Crippen LogP contribution is -1.89. The summed E-state index contributed by atoms with van der Waals surface area (Å²) in [4.78, 5) is 8.68. The summed E-state index contributed by atoms with van der Waals surface area (Å²) in [5.41, 5.74) is 10.5. The van der Waals surface area contributed by atoms with Crippen LogP contribution in [0.25, 0.3) is 33.9 Å². The second kappa shape index (κ2) is 6.88. The van der Waals surface area contributed by atoms with Crippen LogP contribution >= 0.6 is 0 Å². The monoisotopic (exact) mass is 352 g/mol. The van der Waals surface area contributed by atoms with E-state index >= 15 is 0 Å². The van der Waals surface area contributed by atoms with Gasteiger partial charge in [0.1, 0.15) is 5.82 Å². The number of aryl methyl sites for hydroxylation is 4. The Balaban J connectivity index is 1.98. The molecule has 4 aromatic rings. The molecule has 4 rings (SSSR count). The molecule has 0 bridgehead atoms. The molecule has 134 valence electrons. The van der Waals surface area contributed by atoms with Crippen LogP contribution in [0.2, 0.25) is 0 Å². The van der Waals surface area contributed by atoms with Gasteiger partial charge in [0.05, 0.1) is 11.4 Å². The number of rotatable bonds is 3. The fraction of sp³-hybridized carbons (Fsp3) is 0.160. The number of H-pyrrole nitrogens is 1. The molecular formula is C25H24N2. The van der Waals surface area contributed by atoms with E-state index < -0.39 is 0 Å². The summed E-state index contributed by atoms with van der Waals surface area (Å²) < 4.78 is 0. The molecule has 0 aliphatic rings. The minimum atomic E-state index is 0.922. The van der Waals surface area contributed by atoms with Gasteiger partial charge in [-0.2, -0.15) is 0 Å². The first kappa shape index (κ1) is 17.3. The number of aromatic nitrogens is 2. The highest BCUT2D eigenvalue weighted by molar-refractivity contribution is 5.83.